The first-order chi connectivity index (χ1) is 7.29. The number of anilines is 1. The molecule has 1 aliphatic rings. The minimum absolute atomic E-state index is 0.0311. The highest BCUT2D eigenvalue weighted by molar-refractivity contribution is 5.92. The second-order valence-corrected chi connectivity index (χ2v) is 3.50. The fourth-order valence-corrected chi connectivity index (χ4v) is 1.63. The Balaban J connectivity index is 2.06. The molecule has 0 bridgehead atoms. The van der Waals surface area contributed by atoms with Crippen LogP contribution in [0.2, 0.25) is 0 Å². The highest BCUT2D eigenvalue weighted by Gasteiger charge is 2.12. The van der Waals surface area contributed by atoms with Gasteiger partial charge in [0.15, 0.2) is 0 Å². The number of benzene rings is 1. The van der Waals surface area contributed by atoms with Gasteiger partial charge in [0, 0.05) is 12.1 Å². The van der Waals surface area contributed by atoms with Crippen molar-refractivity contribution in [2.75, 3.05) is 25.5 Å². The first-order valence-electron chi connectivity index (χ1n) is 5.00. The van der Waals surface area contributed by atoms with Gasteiger partial charge in [-0.15, -0.1) is 0 Å². The number of nitrogens with one attached hydrogen (secondary N) is 2. The summed E-state index contributed by atoms with van der Waals surface area (Å²) >= 11 is 0. The van der Waals surface area contributed by atoms with Crippen LogP contribution in [0.3, 0.4) is 0 Å². The fourth-order valence-electron chi connectivity index (χ4n) is 1.63. The molecule has 4 heteroatoms. The second kappa shape index (κ2) is 4.31. The van der Waals surface area contributed by atoms with Gasteiger partial charge in [0.25, 0.3) is 0 Å². The minimum Gasteiger partial charge on any atom is -0.493 e. The molecular formula is C11H14N2O2. The van der Waals surface area contributed by atoms with Crippen molar-refractivity contribution in [2.24, 2.45) is 0 Å². The van der Waals surface area contributed by atoms with E-state index < -0.39 is 0 Å². The van der Waals surface area contributed by atoms with Crippen LogP contribution in [0.15, 0.2) is 18.2 Å². The van der Waals surface area contributed by atoms with Gasteiger partial charge >= 0.3 is 0 Å². The molecule has 15 heavy (non-hydrogen) atoms. The normalized spacial score (nSPS) is 13.1. The Morgan fingerprint density at radius 3 is 3.20 bits per heavy atom. The van der Waals surface area contributed by atoms with Crippen LogP contribution in [0.4, 0.5) is 5.69 Å². The van der Waals surface area contributed by atoms with E-state index in [0.717, 1.165) is 30.0 Å². The lowest BCUT2D eigenvalue weighted by Gasteiger charge is -2.06. The minimum atomic E-state index is -0.0311. The fraction of sp³-hybridized carbons (Fsp3) is 0.364. The molecule has 0 saturated heterocycles. The van der Waals surface area contributed by atoms with E-state index in [2.05, 4.69) is 10.6 Å². The van der Waals surface area contributed by atoms with E-state index in [0.29, 0.717) is 6.54 Å². The van der Waals surface area contributed by atoms with Crippen molar-refractivity contribution >= 4 is 11.6 Å². The van der Waals surface area contributed by atoms with Gasteiger partial charge < -0.3 is 15.4 Å². The highest BCUT2D eigenvalue weighted by atomic mass is 16.5. The summed E-state index contributed by atoms with van der Waals surface area (Å²) in [5, 5.41) is 5.62. The van der Waals surface area contributed by atoms with Gasteiger partial charge in [-0.05, 0) is 30.8 Å². The van der Waals surface area contributed by atoms with Crippen LogP contribution in [0, 0.1) is 0 Å². The number of amides is 1. The largest absolute Gasteiger partial charge is 0.493 e. The van der Waals surface area contributed by atoms with Crippen LogP contribution in [0.25, 0.3) is 0 Å². The molecule has 1 heterocycles. The number of carbonyl (C=O) groups excluding carboxylic acids is 1. The first kappa shape index (κ1) is 9.98. The molecule has 0 unspecified atom stereocenters. The summed E-state index contributed by atoms with van der Waals surface area (Å²) in [5.74, 6) is 0.901. The second-order valence-electron chi connectivity index (χ2n) is 3.50. The van der Waals surface area contributed by atoms with Crippen LogP contribution in [0.5, 0.6) is 5.75 Å². The third-order valence-corrected chi connectivity index (χ3v) is 2.31. The Hall–Kier alpha value is -1.55. The zero-order valence-corrected chi connectivity index (χ0v) is 8.67. The molecule has 0 aliphatic carbocycles. The molecular weight excluding hydrogens is 192 g/mol. The SMILES string of the molecule is CNCC(=O)Nc1ccc2c(c1)CCO2. The molecule has 2 rings (SSSR count). The van der Waals surface area contributed by atoms with Gasteiger partial charge in [0.05, 0.1) is 13.2 Å². The van der Waals surface area contributed by atoms with Gasteiger partial charge in [0.2, 0.25) is 5.91 Å². The summed E-state index contributed by atoms with van der Waals surface area (Å²) in [7, 11) is 1.75. The van der Waals surface area contributed by atoms with Crippen molar-refractivity contribution in [1.29, 1.82) is 0 Å². The molecule has 0 aromatic heterocycles. The molecule has 0 fully saturated rings. The maximum absolute atomic E-state index is 11.3. The van der Waals surface area contributed by atoms with E-state index in [4.69, 9.17) is 4.74 Å². The Kier molecular flexibility index (Phi) is 2.87. The molecule has 1 aromatic carbocycles. The van der Waals surface area contributed by atoms with Gasteiger partial charge in [-0.2, -0.15) is 0 Å². The van der Waals surface area contributed by atoms with Crippen LogP contribution in [0.1, 0.15) is 5.56 Å². The maximum Gasteiger partial charge on any atom is 0.238 e. The zero-order chi connectivity index (χ0) is 10.7. The van der Waals surface area contributed by atoms with Crippen LogP contribution < -0.4 is 15.4 Å². The van der Waals surface area contributed by atoms with Crippen LogP contribution in [-0.2, 0) is 11.2 Å². The summed E-state index contributed by atoms with van der Waals surface area (Å²) in [5.41, 5.74) is 2.00. The third kappa shape index (κ3) is 2.27. The molecule has 0 saturated carbocycles. The number of carbonyl (C=O) groups is 1. The number of hydrogen-bond acceptors (Lipinski definition) is 3. The predicted molar refractivity (Wildman–Crippen MR) is 58.2 cm³/mol. The van der Waals surface area contributed by atoms with Gasteiger partial charge in [-0.3, -0.25) is 4.79 Å². The lowest BCUT2D eigenvalue weighted by Crippen LogP contribution is -2.25. The van der Waals surface area contributed by atoms with E-state index >= 15 is 0 Å². The molecule has 1 amide bonds. The van der Waals surface area contributed by atoms with E-state index in [9.17, 15) is 4.79 Å². The summed E-state index contributed by atoms with van der Waals surface area (Å²) in [6.45, 7) is 1.07. The van der Waals surface area contributed by atoms with Crippen molar-refractivity contribution < 1.29 is 9.53 Å². The summed E-state index contributed by atoms with van der Waals surface area (Å²) in [4.78, 5) is 11.3. The number of fused-ring (bicyclic) bond motifs is 1. The molecule has 0 spiro atoms. The van der Waals surface area contributed by atoms with Crippen molar-refractivity contribution in [3.63, 3.8) is 0 Å². The molecule has 80 valence electrons. The smallest absolute Gasteiger partial charge is 0.238 e. The summed E-state index contributed by atoms with van der Waals surface area (Å²) < 4.78 is 5.38. The van der Waals surface area contributed by atoms with Crippen molar-refractivity contribution in [3.05, 3.63) is 23.8 Å². The summed E-state index contributed by atoms with van der Waals surface area (Å²) in [6, 6.07) is 5.73. The average Bonchev–Trinajstić information content (AvgIpc) is 2.65. The van der Waals surface area contributed by atoms with Crippen molar-refractivity contribution in [3.8, 4) is 5.75 Å². The van der Waals surface area contributed by atoms with E-state index in [1.807, 2.05) is 18.2 Å². The van der Waals surface area contributed by atoms with Gasteiger partial charge in [-0.1, -0.05) is 0 Å². The monoisotopic (exact) mass is 206 g/mol. The lowest BCUT2D eigenvalue weighted by atomic mass is 10.1. The van der Waals surface area contributed by atoms with E-state index in [-0.39, 0.29) is 5.91 Å². The maximum atomic E-state index is 11.3. The quantitative estimate of drug-likeness (QED) is 0.768. The Morgan fingerprint density at radius 2 is 2.40 bits per heavy atom. The van der Waals surface area contributed by atoms with Gasteiger partial charge in [-0.25, -0.2) is 0 Å². The first-order valence-corrected chi connectivity index (χ1v) is 5.00. The van der Waals surface area contributed by atoms with E-state index in [1.54, 1.807) is 7.05 Å². The van der Waals surface area contributed by atoms with Crippen molar-refractivity contribution in [1.82, 2.24) is 5.32 Å². The molecule has 0 atom stereocenters. The number of rotatable bonds is 3. The molecule has 1 aromatic rings. The molecule has 1 aliphatic heterocycles. The summed E-state index contributed by atoms with van der Waals surface area (Å²) in [6.07, 6.45) is 0.922. The van der Waals surface area contributed by atoms with Crippen LogP contribution in [-0.4, -0.2) is 26.1 Å². The Morgan fingerprint density at radius 1 is 1.53 bits per heavy atom. The Labute approximate surface area is 88.6 Å². The van der Waals surface area contributed by atoms with Crippen molar-refractivity contribution in [2.45, 2.75) is 6.42 Å². The molecule has 4 nitrogen and oxygen atoms in total. The third-order valence-electron chi connectivity index (χ3n) is 2.31. The lowest BCUT2D eigenvalue weighted by molar-refractivity contribution is -0.115. The number of likely N-dealkylation sites (N-methyl/N-ethyl adjacent to an activating group) is 1. The zero-order valence-electron chi connectivity index (χ0n) is 8.67. The van der Waals surface area contributed by atoms with Crippen LogP contribution >= 0.6 is 0 Å². The van der Waals surface area contributed by atoms with E-state index in [1.165, 1.54) is 0 Å². The Bertz CT molecular complexity index is 377. The number of ether oxygens (including phenoxy) is 1. The standard InChI is InChI=1S/C11H14N2O2/c1-12-7-11(14)13-9-2-3-10-8(6-9)4-5-15-10/h2-3,6,12H,4-5,7H2,1H3,(H,13,14). The molecule has 2 N–H and O–H groups in total. The average molecular weight is 206 g/mol. The predicted octanol–water partition coefficient (Wildman–Crippen LogP) is 0.779. The number of hydrogen-bond donors (Lipinski definition) is 2. The van der Waals surface area contributed by atoms with Gasteiger partial charge in [0.1, 0.15) is 5.75 Å². The topological polar surface area (TPSA) is 50.4 Å². The molecule has 0 radical (unpaired) electrons. The highest BCUT2D eigenvalue weighted by Crippen LogP contribution is 2.27.